The predicted octanol–water partition coefficient (Wildman–Crippen LogP) is 3.52. The lowest BCUT2D eigenvalue weighted by Gasteiger charge is -2.36. The van der Waals surface area contributed by atoms with Gasteiger partial charge in [-0.2, -0.15) is 0 Å². The number of aromatic nitrogens is 2. The lowest BCUT2D eigenvalue weighted by Crippen LogP contribution is -2.48. The Morgan fingerprint density at radius 2 is 1.88 bits per heavy atom. The highest BCUT2D eigenvalue weighted by molar-refractivity contribution is 5.94. The predicted molar refractivity (Wildman–Crippen MR) is 128 cm³/mol. The topological polar surface area (TPSA) is 86.4 Å². The number of H-pyrrole nitrogens is 1. The molecule has 1 aliphatic rings. The number of hydrogen-bond acceptors (Lipinski definition) is 4. The number of hydrogen-bond donors (Lipinski definition) is 1. The summed E-state index contributed by atoms with van der Waals surface area (Å²) in [5.74, 6) is 0.137. The van der Waals surface area contributed by atoms with Gasteiger partial charge in [-0.25, -0.2) is 4.98 Å². The first kappa shape index (κ1) is 22.7. The largest absolute Gasteiger partial charge is 0.338 e. The third kappa shape index (κ3) is 4.97. The summed E-state index contributed by atoms with van der Waals surface area (Å²) >= 11 is 0. The number of nitrogens with one attached hydrogen (secondary N) is 1. The summed E-state index contributed by atoms with van der Waals surface area (Å²) in [7, 11) is 0. The Morgan fingerprint density at radius 3 is 2.61 bits per heavy atom. The molecule has 7 heteroatoms. The van der Waals surface area contributed by atoms with Crippen LogP contribution in [0, 0.1) is 12.8 Å². The molecule has 1 saturated heterocycles. The molecule has 1 N–H and O–H groups in total. The highest BCUT2D eigenvalue weighted by Gasteiger charge is 2.33. The number of para-hydroxylation sites is 1. The van der Waals surface area contributed by atoms with Crippen LogP contribution in [-0.2, 0) is 11.3 Å². The van der Waals surface area contributed by atoms with E-state index >= 15 is 0 Å². The number of aryl methyl sites for hydroxylation is 1. The van der Waals surface area contributed by atoms with E-state index in [2.05, 4.69) is 9.97 Å². The third-order valence-corrected chi connectivity index (χ3v) is 6.24. The van der Waals surface area contributed by atoms with Gasteiger partial charge in [-0.15, -0.1) is 0 Å². The van der Waals surface area contributed by atoms with Crippen LogP contribution in [-0.4, -0.2) is 50.7 Å². The van der Waals surface area contributed by atoms with Crippen molar-refractivity contribution in [2.24, 2.45) is 5.92 Å². The Bertz CT molecular complexity index is 1220. The fourth-order valence-electron chi connectivity index (χ4n) is 4.36. The molecule has 172 valence electrons. The first-order valence-electron chi connectivity index (χ1n) is 11.5. The van der Waals surface area contributed by atoms with Crippen molar-refractivity contribution < 1.29 is 9.59 Å². The lowest BCUT2D eigenvalue weighted by atomic mass is 9.95. The van der Waals surface area contributed by atoms with E-state index in [1.807, 2.05) is 51.1 Å². The van der Waals surface area contributed by atoms with Gasteiger partial charge in [-0.3, -0.25) is 14.4 Å². The molecule has 33 heavy (non-hydrogen) atoms. The Kier molecular flexibility index (Phi) is 6.58. The van der Waals surface area contributed by atoms with Crippen LogP contribution in [0.1, 0.15) is 48.4 Å². The van der Waals surface area contributed by atoms with E-state index in [0.717, 1.165) is 18.4 Å². The SMILES string of the molecule is Cc1ccc(C(=O)N2CCC[C@H](C(=O)N(Cc3nc4ccccc4c(=O)[nH]3)C(C)C)C2)cc1. The number of piperidine rings is 1. The summed E-state index contributed by atoms with van der Waals surface area (Å²) in [5, 5.41) is 0.529. The van der Waals surface area contributed by atoms with Crippen LogP contribution in [0.5, 0.6) is 0 Å². The van der Waals surface area contributed by atoms with E-state index in [1.165, 1.54) is 0 Å². The summed E-state index contributed by atoms with van der Waals surface area (Å²) in [4.78, 5) is 49.9. The quantitative estimate of drug-likeness (QED) is 0.650. The van der Waals surface area contributed by atoms with E-state index in [4.69, 9.17) is 0 Å². The number of likely N-dealkylation sites (tertiary alicyclic amines) is 1. The molecule has 2 aromatic carbocycles. The Balaban J connectivity index is 1.51. The number of amides is 2. The highest BCUT2D eigenvalue weighted by Crippen LogP contribution is 2.23. The van der Waals surface area contributed by atoms with E-state index < -0.39 is 0 Å². The van der Waals surface area contributed by atoms with Crippen molar-refractivity contribution in [3.63, 3.8) is 0 Å². The van der Waals surface area contributed by atoms with E-state index in [-0.39, 0.29) is 35.9 Å². The maximum Gasteiger partial charge on any atom is 0.258 e. The van der Waals surface area contributed by atoms with Gasteiger partial charge < -0.3 is 14.8 Å². The Morgan fingerprint density at radius 1 is 1.15 bits per heavy atom. The molecule has 0 aliphatic carbocycles. The minimum Gasteiger partial charge on any atom is -0.338 e. The van der Waals surface area contributed by atoms with Gasteiger partial charge >= 0.3 is 0 Å². The second kappa shape index (κ2) is 9.57. The average Bonchev–Trinajstić information content (AvgIpc) is 2.82. The normalized spacial score (nSPS) is 16.2. The summed E-state index contributed by atoms with van der Waals surface area (Å²) in [6.07, 6.45) is 1.52. The lowest BCUT2D eigenvalue weighted by molar-refractivity contribution is -0.139. The number of fused-ring (bicyclic) bond motifs is 1. The second-order valence-electron chi connectivity index (χ2n) is 9.05. The van der Waals surface area contributed by atoms with Crippen LogP contribution in [0.2, 0.25) is 0 Å². The zero-order valence-corrected chi connectivity index (χ0v) is 19.4. The molecule has 1 atom stereocenters. The number of rotatable bonds is 5. The summed E-state index contributed by atoms with van der Waals surface area (Å²) in [6, 6.07) is 14.6. The summed E-state index contributed by atoms with van der Waals surface area (Å²) in [5.41, 5.74) is 2.15. The molecular formula is C26H30N4O3. The van der Waals surface area contributed by atoms with Crippen LogP contribution in [0.25, 0.3) is 10.9 Å². The van der Waals surface area contributed by atoms with Crippen LogP contribution in [0.15, 0.2) is 53.3 Å². The van der Waals surface area contributed by atoms with Crippen molar-refractivity contribution >= 4 is 22.7 Å². The minimum absolute atomic E-state index is 0.0118. The summed E-state index contributed by atoms with van der Waals surface area (Å²) < 4.78 is 0. The molecule has 2 heterocycles. The van der Waals surface area contributed by atoms with Gasteiger partial charge in [0.2, 0.25) is 5.91 Å². The number of aromatic amines is 1. The molecule has 2 amide bonds. The van der Waals surface area contributed by atoms with Crippen molar-refractivity contribution in [2.75, 3.05) is 13.1 Å². The van der Waals surface area contributed by atoms with Crippen molar-refractivity contribution in [1.29, 1.82) is 0 Å². The number of carbonyl (C=O) groups excluding carboxylic acids is 2. The maximum absolute atomic E-state index is 13.5. The molecule has 1 fully saturated rings. The van der Waals surface area contributed by atoms with Gasteiger partial charge in [-0.05, 0) is 57.9 Å². The molecule has 4 rings (SSSR count). The smallest absolute Gasteiger partial charge is 0.258 e. The van der Waals surface area contributed by atoms with Gasteiger partial charge in [0.25, 0.3) is 11.5 Å². The molecule has 0 bridgehead atoms. The molecule has 0 radical (unpaired) electrons. The fraction of sp³-hybridized carbons (Fsp3) is 0.385. The number of carbonyl (C=O) groups is 2. The van der Waals surface area contributed by atoms with E-state index in [0.29, 0.717) is 35.4 Å². The zero-order chi connectivity index (χ0) is 23.5. The van der Waals surface area contributed by atoms with Gasteiger partial charge in [-0.1, -0.05) is 29.8 Å². The Labute approximate surface area is 193 Å². The highest BCUT2D eigenvalue weighted by atomic mass is 16.2. The minimum atomic E-state index is -0.275. The Hall–Kier alpha value is -3.48. The molecule has 1 aromatic heterocycles. The monoisotopic (exact) mass is 446 g/mol. The van der Waals surface area contributed by atoms with Crippen molar-refractivity contribution in [3.05, 3.63) is 75.8 Å². The van der Waals surface area contributed by atoms with Gasteiger partial charge in [0, 0.05) is 24.7 Å². The first-order chi connectivity index (χ1) is 15.8. The maximum atomic E-state index is 13.5. The van der Waals surface area contributed by atoms with Crippen LogP contribution in [0.3, 0.4) is 0 Å². The van der Waals surface area contributed by atoms with Crippen molar-refractivity contribution in [2.45, 2.75) is 46.2 Å². The molecule has 3 aromatic rings. The van der Waals surface area contributed by atoms with Gasteiger partial charge in [0.15, 0.2) is 0 Å². The molecule has 1 aliphatic heterocycles. The van der Waals surface area contributed by atoms with E-state index in [9.17, 15) is 14.4 Å². The average molecular weight is 447 g/mol. The molecule has 0 spiro atoms. The van der Waals surface area contributed by atoms with Crippen molar-refractivity contribution in [3.8, 4) is 0 Å². The number of benzene rings is 2. The molecule has 7 nitrogen and oxygen atoms in total. The fourth-order valence-corrected chi connectivity index (χ4v) is 4.36. The van der Waals surface area contributed by atoms with Gasteiger partial charge in [0.05, 0.1) is 23.4 Å². The van der Waals surface area contributed by atoms with Crippen LogP contribution >= 0.6 is 0 Å². The van der Waals surface area contributed by atoms with Gasteiger partial charge in [0.1, 0.15) is 5.82 Å². The first-order valence-corrected chi connectivity index (χ1v) is 11.5. The molecular weight excluding hydrogens is 416 g/mol. The van der Waals surface area contributed by atoms with E-state index in [1.54, 1.807) is 28.0 Å². The second-order valence-corrected chi connectivity index (χ2v) is 9.05. The van der Waals surface area contributed by atoms with Crippen LogP contribution in [0.4, 0.5) is 0 Å². The standard InChI is InChI=1S/C26H30N4O3/c1-17(2)30(16-23-27-22-9-5-4-8-21(22)24(31)28-23)26(33)20-7-6-14-29(15-20)25(32)19-12-10-18(3)11-13-19/h4-5,8-13,17,20H,6-7,14-16H2,1-3H3,(H,27,28,31)/t20-/m0/s1. The zero-order valence-electron chi connectivity index (χ0n) is 19.4. The third-order valence-electron chi connectivity index (χ3n) is 6.24. The summed E-state index contributed by atoms with van der Waals surface area (Å²) in [6.45, 7) is 7.17. The molecule has 0 saturated carbocycles. The van der Waals surface area contributed by atoms with Crippen molar-refractivity contribution in [1.82, 2.24) is 19.8 Å². The van der Waals surface area contributed by atoms with Crippen LogP contribution < -0.4 is 5.56 Å². The number of nitrogens with zero attached hydrogens (tertiary/aromatic N) is 3. The molecule has 0 unspecified atom stereocenters.